The van der Waals surface area contributed by atoms with E-state index in [2.05, 4.69) is 0 Å². The van der Waals surface area contributed by atoms with Gasteiger partial charge < -0.3 is 4.57 Å². The smallest absolute Gasteiger partial charge is 0.271 e. The number of para-hydroxylation sites is 1. The minimum Gasteiger partial charge on any atom is -0.328 e. The lowest BCUT2D eigenvalue weighted by Gasteiger charge is -2.17. The maximum absolute atomic E-state index is 13.9. The molecule has 0 spiro atoms. The third-order valence-electron chi connectivity index (χ3n) is 5.69. The first-order chi connectivity index (χ1) is 15.3. The highest BCUT2D eigenvalue weighted by Gasteiger charge is 2.20. The highest BCUT2D eigenvalue weighted by molar-refractivity contribution is 5.92. The Morgan fingerprint density at radius 2 is 1.53 bits per heavy atom. The van der Waals surface area contributed by atoms with Crippen LogP contribution in [0, 0.1) is 19.7 Å². The number of fused-ring (bicyclic) bond motifs is 2. The molecule has 5 aromatic rings. The zero-order valence-electron chi connectivity index (χ0n) is 17.9. The largest absolute Gasteiger partial charge is 0.328 e. The summed E-state index contributed by atoms with van der Waals surface area (Å²) in [5.74, 6) is -0.0361. The molecular weight excluding hydrogens is 405 g/mol. The van der Waals surface area contributed by atoms with Crippen LogP contribution in [0.4, 0.5) is 4.39 Å². The van der Waals surface area contributed by atoms with Crippen LogP contribution in [0.15, 0.2) is 76.3 Å². The second kappa shape index (κ2) is 7.27. The Labute approximate surface area is 183 Å². The van der Waals surface area contributed by atoms with Crippen molar-refractivity contribution < 1.29 is 4.39 Å². The van der Waals surface area contributed by atoms with Crippen LogP contribution in [0.5, 0.6) is 0 Å². The van der Waals surface area contributed by atoms with Crippen LogP contribution in [0.25, 0.3) is 39.0 Å². The van der Waals surface area contributed by atoms with E-state index in [1.807, 2.05) is 44.2 Å². The number of aryl methyl sites for hydroxylation is 3. The third-order valence-corrected chi connectivity index (χ3v) is 5.69. The lowest BCUT2D eigenvalue weighted by molar-refractivity contribution is 0.628. The molecule has 5 rings (SSSR count). The van der Waals surface area contributed by atoms with Crippen LogP contribution in [-0.2, 0) is 7.05 Å². The molecule has 0 atom stereocenters. The van der Waals surface area contributed by atoms with Gasteiger partial charge in [-0.1, -0.05) is 18.2 Å². The first-order valence-corrected chi connectivity index (χ1v) is 10.2. The Bertz CT molecular complexity index is 1630. The zero-order valence-corrected chi connectivity index (χ0v) is 17.9. The van der Waals surface area contributed by atoms with E-state index in [1.165, 1.54) is 16.7 Å². The Morgan fingerprint density at radius 3 is 2.22 bits per heavy atom. The number of pyridine rings is 1. The van der Waals surface area contributed by atoms with Gasteiger partial charge >= 0.3 is 0 Å². The summed E-state index contributed by atoms with van der Waals surface area (Å²) in [6.07, 6.45) is 0. The highest BCUT2D eigenvalue weighted by Crippen LogP contribution is 2.24. The van der Waals surface area contributed by atoms with E-state index in [-0.39, 0.29) is 16.6 Å². The van der Waals surface area contributed by atoms with E-state index in [1.54, 1.807) is 35.9 Å². The summed E-state index contributed by atoms with van der Waals surface area (Å²) < 4.78 is 16.8. The van der Waals surface area contributed by atoms with Crippen LogP contribution in [0.2, 0.25) is 0 Å². The van der Waals surface area contributed by atoms with Crippen LogP contribution < -0.4 is 11.0 Å². The van der Waals surface area contributed by atoms with Gasteiger partial charge in [0.1, 0.15) is 17.0 Å². The van der Waals surface area contributed by atoms with Gasteiger partial charge in [-0.15, -0.1) is 0 Å². The number of aromatic nitrogens is 3. The normalized spacial score (nSPS) is 11.4. The lowest BCUT2D eigenvalue weighted by Crippen LogP contribution is -2.28. The van der Waals surface area contributed by atoms with Crippen molar-refractivity contribution >= 4 is 21.9 Å². The molecule has 0 aliphatic rings. The highest BCUT2D eigenvalue weighted by atomic mass is 19.1. The average Bonchev–Trinajstić information content (AvgIpc) is 2.76. The van der Waals surface area contributed by atoms with E-state index < -0.39 is 5.56 Å². The van der Waals surface area contributed by atoms with Crippen molar-refractivity contribution in [2.45, 2.75) is 13.8 Å². The van der Waals surface area contributed by atoms with Crippen molar-refractivity contribution in [1.82, 2.24) is 14.1 Å². The van der Waals surface area contributed by atoms with Gasteiger partial charge in [0.15, 0.2) is 5.65 Å². The zero-order chi connectivity index (χ0) is 22.6. The van der Waals surface area contributed by atoms with Gasteiger partial charge in [0.2, 0.25) is 5.43 Å². The summed E-state index contributed by atoms with van der Waals surface area (Å²) in [7, 11) is 1.78. The van der Waals surface area contributed by atoms with Gasteiger partial charge in [0.25, 0.3) is 5.56 Å². The quantitative estimate of drug-likeness (QED) is 0.387. The Hall–Kier alpha value is -4.06. The molecule has 2 aromatic heterocycles. The van der Waals surface area contributed by atoms with E-state index in [0.717, 1.165) is 11.1 Å². The van der Waals surface area contributed by atoms with Gasteiger partial charge in [-0.25, -0.2) is 9.37 Å². The molecule has 0 aliphatic heterocycles. The molecule has 0 saturated heterocycles. The number of hydrogen-bond donors (Lipinski definition) is 0. The molecule has 158 valence electrons. The van der Waals surface area contributed by atoms with Gasteiger partial charge in [-0.3, -0.25) is 14.2 Å². The van der Waals surface area contributed by atoms with E-state index in [4.69, 9.17) is 4.98 Å². The maximum Gasteiger partial charge on any atom is 0.271 e. The molecule has 0 amide bonds. The molecule has 0 N–H and O–H groups in total. The standard InChI is InChI=1S/C26H20FN3O2/c1-15-12-16(2)14-19(13-15)30-24(17-8-10-18(27)11-9-17)28-25-22(26(30)32)23(31)20-6-4-5-7-21(20)29(25)3/h4-14H,1-3H3. The SMILES string of the molecule is Cc1cc(C)cc(-n2c(-c3ccc(F)cc3)nc3c(c(=O)c4ccccc4n3C)c2=O)c1. The van der Waals surface area contributed by atoms with E-state index >= 15 is 0 Å². The summed E-state index contributed by atoms with van der Waals surface area (Å²) in [6.45, 7) is 3.89. The monoisotopic (exact) mass is 425 g/mol. The third kappa shape index (κ3) is 3.03. The summed E-state index contributed by atoms with van der Waals surface area (Å²) in [4.78, 5) is 32.0. The summed E-state index contributed by atoms with van der Waals surface area (Å²) >= 11 is 0. The molecule has 0 saturated carbocycles. The van der Waals surface area contributed by atoms with Crippen molar-refractivity contribution in [3.8, 4) is 17.1 Å². The van der Waals surface area contributed by atoms with Crippen LogP contribution in [0.1, 0.15) is 11.1 Å². The Morgan fingerprint density at radius 1 is 0.875 bits per heavy atom. The van der Waals surface area contributed by atoms with Crippen molar-refractivity contribution in [2.75, 3.05) is 0 Å². The summed E-state index contributed by atoms with van der Waals surface area (Å²) in [6, 6.07) is 18.7. The van der Waals surface area contributed by atoms with Crippen molar-refractivity contribution in [1.29, 1.82) is 0 Å². The fourth-order valence-electron chi connectivity index (χ4n) is 4.27. The number of rotatable bonds is 2. The molecule has 0 bridgehead atoms. The van der Waals surface area contributed by atoms with E-state index in [0.29, 0.717) is 33.6 Å². The molecule has 5 nitrogen and oxygen atoms in total. The fraction of sp³-hybridized carbons (Fsp3) is 0.115. The molecule has 32 heavy (non-hydrogen) atoms. The number of benzene rings is 3. The molecule has 0 radical (unpaired) electrons. The van der Waals surface area contributed by atoms with E-state index in [9.17, 15) is 14.0 Å². The Kier molecular flexibility index (Phi) is 4.51. The predicted molar refractivity (Wildman–Crippen MR) is 125 cm³/mol. The maximum atomic E-state index is 13.9. The van der Waals surface area contributed by atoms with Gasteiger partial charge in [-0.2, -0.15) is 0 Å². The van der Waals surface area contributed by atoms with Crippen LogP contribution in [0.3, 0.4) is 0 Å². The van der Waals surface area contributed by atoms with Crippen molar-refractivity contribution in [2.24, 2.45) is 7.05 Å². The molecule has 3 aromatic carbocycles. The molecular formula is C26H20FN3O2. The molecule has 0 unspecified atom stereocenters. The molecule has 6 heteroatoms. The Balaban J connectivity index is 2.01. The minimum atomic E-state index is -0.453. The molecule has 2 heterocycles. The van der Waals surface area contributed by atoms with Gasteiger partial charge in [0.05, 0.1) is 11.2 Å². The van der Waals surface area contributed by atoms with Crippen LogP contribution >= 0.6 is 0 Å². The first kappa shape index (κ1) is 19.9. The van der Waals surface area contributed by atoms with Crippen molar-refractivity contribution in [3.05, 3.63) is 104 Å². The average molecular weight is 425 g/mol. The second-order valence-electron chi connectivity index (χ2n) is 8.03. The number of nitrogens with zero attached hydrogens (tertiary/aromatic N) is 3. The minimum absolute atomic E-state index is 0.0243. The van der Waals surface area contributed by atoms with Gasteiger partial charge in [-0.05, 0) is 73.5 Å². The predicted octanol–water partition coefficient (Wildman–Crippen LogP) is 4.66. The topological polar surface area (TPSA) is 56.9 Å². The van der Waals surface area contributed by atoms with Crippen LogP contribution in [-0.4, -0.2) is 14.1 Å². The number of halogens is 1. The summed E-state index contributed by atoms with van der Waals surface area (Å²) in [5.41, 5.74) is 3.30. The fourth-order valence-corrected chi connectivity index (χ4v) is 4.27. The molecule has 0 aliphatic carbocycles. The molecule has 0 fully saturated rings. The number of hydrogen-bond acceptors (Lipinski definition) is 3. The van der Waals surface area contributed by atoms with Gasteiger partial charge in [0, 0.05) is 18.0 Å². The second-order valence-corrected chi connectivity index (χ2v) is 8.03. The lowest BCUT2D eigenvalue weighted by atomic mass is 10.1. The summed E-state index contributed by atoms with van der Waals surface area (Å²) in [5, 5.41) is 0.485. The van der Waals surface area contributed by atoms with Crippen molar-refractivity contribution in [3.63, 3.8) is 0 Å². The first-order valence-electron chi connectivity index (χ1n) is 10.2.